The predicted molar refractivity (Wildman–Crippen MR) is 116 cm³/mol. The van der Waals surface area contributed by atoms with Gasteiger partial charge in [-0.2, -0.15) is 0 Å². The van der Waals surface area contributed by atoms with E-state index in [0.29, 0.717) is 30.4 Å². The van der Waals surface area contributed by atoms with Crippen LogP contribution in [0.5, 0.6) is 0 Å². The smallest absolute Gasteiger partial charge is 0.191 e. The van der Waals surface area contributed by atoms with Gasteiger partial charge < -0.3 is 15.4 Å². The van der Waals surface area contributed by atoms with E-state index in [9.17, 15) is 8.42 Å². The van der Waals surface area contributed by atoms with Crippen LogP contribution in [0.25, 0.3) is 0 Å². The molecule has 0 bridgehead atoms. The number of guanidine groups is 1. The van der Waals surface area contributed by atoms with E-state index in [1.54, 1.807) is 0 Å². The lowest BCUT2D eigenvalue weighted by molar-refractivity contribution is -0.188. The Bertz CT molecular complexity index is 609. The first kappa shape index (κ1) is 22.2. The van der Waals surface area contributed by atoms with Gasteiger partial charge >= 0.3 is 0 Å². The van der Waals surface area contributed by atoms with Gasteiger partial charge in [0.15, 0.2) is 15.8 Å². The molecule has 0 radical (unpaired) electrons. The van der Waals surface area contributed by atoms with Crippen molar-refractivity contribution in [2.75, 3.05) is 31.2 Å². The zero-order valence-electron chi connectivity index (χ0n) is 16.2. The number of nitrogens with zero attached hydrogens (tertiary/aromatic N) is 1. The highest BCUT2D eigenvalue weighted by Crippen LogP contribution is 2.51. The quantitative estimate of drug-likeness (QED) is 0.345. The summed E-state index contributed by atoms with van der Waals surface area (Å²) < 4.78 is 29.3. The molecule has 152 valence electrons. The fourth-order valence-corrected chi connectivity index (χ4v) is 6.44. The number of rotatable bonds is 5. The second-order valence-corrected chi connectivity index (χ2v) is 10.7. The molecule has 4 atom stereocenters. The first-order valence-corrected chi connectivity index (χ1v) is 11.5. The van der Waals surface area contributed by atoms with Crippen LogP contribution in [0.3, 0.4) is 0 Å². The van der Waals surface area contributed by atoms with Gasteiger partial charge in [-0.3, -0.25) is 4.99 Å². The van der Waals surface area contributed by atoms with E-state index >= 15 is 0 Å². The minimum atomic E-state index is -2.84. The summed E-state index contributed by atoms with van der Waals surface area (Å²) in [6, 6.07) is 0.355. The Kier molecular flexibility index (Phi) is 7.63. The fraction of sp³-hybridized carbons (Fsp3) is 0.944. The van der Waals surface area contributed by atoms with Crippen molar-refractivity contribution in [1.29, 1.82) is 0 Å². The highest BCUT2D eigenvalue weighted by atomic mass is 127. The van der Waals surface area contributed by atoms with Crippen LogP contribution in [0.15, 0.2) is 4.99 Å². The third-order valence-electron chi connectivity index (χ3n) is 6.00. The summed E-state index contributed by atoms with van der Waals surface area (Å²) in [6.07, 6.45) is 4.44. The molecule has 0 aromatic carbocycles. The van der Waals surface area contributed by atoms with Crippen LogP contribution in [0.1, 0.15) is 46.5 Å². The van der Waals surface area contributed by atoms with Gasteiger partial charge in [-0.05, 0) is 31.6 Å². The lowest BCUT2D eigenvalue weighted by Gasteiger charge is -2.60. The van der Waals surface area contributed by atoms with E-state index in [1.165, 1.54) is 6.42 Å². The average Bonchev–Trinajstić information content (AvgIpc) is 2.93. The molecule has 0 aromatic rings. The largest absolute Gasteiger partial charge is 0.377 e. The van der Waals surface area contributed by atoms with Crippen molar-refractivity contribution in [2.24, 2.45) is 22.2 Å². The Morgan fingerprint density at radius 3 is 2.73 bits per heavy atom. The summed E-state index contributed by atoms with van der Waals surface area (Å²) in [5.41, 5.74) is 0.0937. The molecule has 0 spiro atoms. The highest BCUT2D eigenvalue weighted by Gasteiger charge is 2.58. The highest BCUT2D eigenvalue weighted by molar-refractivity contribution is 14.0. The minimum Gasteiger partial charge on any atom is -0.377 e. The number of hydrogen-bond acceptors (Lipinski definition) is 4. The molecule has 2 heterocycles. The Morgan fingerprint density at radius 2 is 2.08 bits per heavy atom. The molecule has 0 amide bonds. The van der Waals surface area contributed by atoms with Gasteiger partial charge in [-0.25, -0.2) is 8.42 Å². The van der Waals surface area contributed by atoms with E-state index in [1.807, 2.05) is 0 Å². The van der Waals surface area contributed by atoms with Crippen LogP contribution in [-0.2, 0) is 14.6 Å². The zero-order chi connectivity index (χ0) is 18.1. The first-order valence-electron chi connectivity index (χ1n) is 9.70. The molecule has 2 aliphatic heterocycles. The number of aliphatic imine (C=N–C) groups is 1. The van der Waals surface area contributed by atoms with Gasteiger partial charge in [-0.15, -0.1) is 24.0 Å². The number of sulfone groups is 1. The van der Waals surface area contributed by atoms with Crippen LogP contribution < -0.4 is 10.6 Å². The summed E-state index contributed by atoms with van der Waals surface area (Å²) in [5.74, 6) is 2.13. The second-order valence-electron chi connectivity index (χ2n) is 8.43. The Morgan fingerprint density at radius 1 is 1.31 bits per heavy atom. The van der Waals surface area contributed by atoms with Gasteiger partial charge in [0, 0.05) is 37.1 Å². The molecule has 4 unspecified atom stereocenters. The van der Waals surface area contributed by atoms with Crippen LogP contribution in [0, 0.1) is 17.3 Å². The fourth-order valence-electron chi connectivity index (χ4n) is 4.60. The van der Waals surface area contributed by atoms with Crippen molar-refractivity contribution in [2.45, 2.75) is 58.6 Å². The Hall–Kier alpha value is -0.0900. The molecule has 3 fully saturated rings. The molecule has 2 N–H and O–H groups in total. The van der Waals surface area contributed by atoms with Crippen molar-refractivity contribution < 1.29 is 13.2 Å². The van der Waals surface area contributed by atoms with Crippen molar-refractivity contribution in [3.63, 3.8) is 0 Å². The van der Waals surface area contributed by atoms with Crippen molar-refractivity contribution in [1.82, 2.24) is 10.6 Å². The van der Waals surface area contributed by atoms with Crippen molar-refractivity contribution in [3.05, 3.63) is 0 Å². The van der Waals surface area contributed by atoms with E-state index in [0.717, 1.165) is 38.4 Å². The monoisotopic (exact) mass is 499 g/mol. The van der Waals surface area contributed by atoms with Crippen LogP contribution in [0.4, 0.5) is 0 Å². The SMILES string of the molecule is CCCNC(=NCC1CCS(=O)(=O)C1)NC1C2CCCOC2C1(C)C.I. The van der Waals surface area contributed by atoms with Gasteiger partial charge in [-0.1, -0.05) is 20.8 Å². The number of ether oxygens (including phenoxy) is 1. The molecule has 0 aromatic heterocycles. The third kappa shape index (κ3) is 4.84. The molecular weight excluding hydrogens is 465 g/mol. The molecule has 1 aliphatic carbocycles. The summed E-state index contributed by atoms with van der Waals surface area (Å²) in [4.78, 5) is 4.72. The maximum Gasteiger partial charge on any atom is 0.191 e. The van der Waals surface area contributed by atoms with Gasteiger partial charge in [0.2, 0.25) is 0 Å². The first-order chi connectivity index (χ1) is 11.8. The lowest BCUT2D eigenvalue weighted by atomic mass is 9.55. The van der Waals surface area contributed by atoms with E-state index in [4.69, 9.17) is 9.73 Å². The normalized spacial score (nSPS) is 35.0. The Labute approximate surface area is 175 Å². The summed E-state index contributed by atoms with van der Waals surface area (Å²) in [6.45, 7) is 8.98. The van der Waals surface area contributed by atoms with E-state index < -0.39 is 9.84 Å². The van der Waals surface area contributed by atoms with Crippen molar-refractivity contribution >= 4 is 39.8 Å². The summed E-state index contributed by atoms with van der Waals surface area (Å²) in [5, 5.41) is 7.03. The van der Waals surface area contributed by atoms with E-state index in [-0.39, 0.29) is 41.1 Å². The van der Waals surface area contributed by atoms with Crippen LogP contribution >= 0.6 is 24.0 Å². The van der Waals surface area contributed by atoms with Crippen LogP contribution in [0.2, 0.25) is 0 Å². The topological polar surface area (TPSA) is 79.8 Å². The molecule has 8 heteroatoms. The molecule has 26 heavy (non-hydrogen) atoms. The molecule has 2 saturated heterocycles. The maximum absolute atomic E-state index is 11.6. The molecular formula is C18H34IN3O3S. The van der Waals surface area contributed by atoms with Gasteiger partial charge in [0.1, 0.15) is 0 Å². The van der Waals surface area contributed by atoms with Crippen LogP contribution in [-0.4, -0.2) is 57.7 Å². The van der Waals surface area contributed by atoms with Gasteiger partial charge in [0.05, 0.1) is 17.6 Å². The maximum atomic E-state index is 11.6. The standard InChI is InChI=1S/C18H33N3O3S.HI/c1-4-8-19-17(20-11-13-7-10-25(22,23)12-13)21-15-14-6-5-9-24-16(14)18(15,2)3;/h13-16H,4-12H2,1-3H3,(H2,19,20,21);1H. The molecule has 3 rings (SSSR count). The third-order valence-corrected chi connectivity index (χ3v) is 7.84. The minimum absolute atomic E-state index is 0. The zero-order valence-corrected chi connectivity index (χ0v) is 19.3. The number of nitrogens with one attached hydrogen (secondary N) is 2. The number of hydrogen-bond donors (Lipinski definition) is 2. The summed E-state index contributed by atoms with van der Waals surface area (Å²) >= 11 is 0. The molecule has 3 aliphatic rings. The molecule has 6 nitrogen and oxygen atoms in total. The second kappa shape index (κ2) is 8.94. The number of halogens is 1. The number of fused-ring (bicyclic) bond motifs is 1. The summed E-state index contributed by atoms with van der Waals surface area (Å²) in [7, 11) is -2.84. The Balaban J connectivity index is 0.00000243. The van der Waals surface area contributed by atoms with Crippen molar-refractivity contribution in [3.8, 4) is 0 Å². The predicted octanol–water partition coefficient (Wildman–Crippen LogP) is 2.19. The lowest BCUT2D eigenvalue weighted by Crippen LogP contribution is -2.71. The van der Waals surface area contributed by atoms with E-state index in [2.05, 4.69) is 31.4 Å². The molecule has 1 saturated carbocycles. The van der Waals surface area contributed by atoms with Gasteiger partial charge in [0.25, 0.3) is 0 Å². The average molecular weight is 499 g/mol.